The van der Waals surface area contributed by atoms with Gasteiger partial charge in [0.2, 0.25) is 70.9 Å². The van der Waals surface area contributed by atoms with E-state index in [-0.39, 0.29) is 131 Å². The van der Waals surface area contributed by atoms with Crippen LogP contribution < -0.4 is 63.8 Å². The Morgan fingerprint density at radius 2 is 0.479 bits per heavy atom. The Kier molecular flexibility index (Phi) is 73.7. The zero-order valence-corrected chi connectivity index (χ0v) is 83.2. The van der Waals surface area contributed by atoms with Crippen LogP contribution in [-0.2, 0) is 181 Å². The summed E-state index contributed by atoms with van der Waals surface area (Å²) in [5, 5.41) is 29.4. The second kappa shape index (κ2) is 82.0. The van der Waals surface area contributed by atoms with E-state index in [2.05, 4.69) is 63.8 Å². The third-order valence-electron chi connectivity index (χ3n) is 18.6. The fraction of sp³-hybridized carbons (Fsp3) is 0.756. The van der Waals surface area contributed by atoms with Gasteiger partial charge in [0.05, 0.1) is 238 Å². The highest BCUT2D eigenvalue weighted by molar-refractivity contribution is 6.19. The molecule has 2 heterocycles. The highest BCUT2D eigenvalue weighted by atomic mass is 16.6. The summed E-state index contributed by atoms with van der Waals surface area (Å²) < 4.78 is 107. The van der Waals surface area contributed by atoms with Gasteiger partial charge in [0, 0.05) is 77.5 Å². The second-order valence-corrected chi connectivity index (χ2v) is 32.7. The predicted molar refractivity (Wildman–Crippen MR) is 498 cm³/mol. The van der Waals surface area contributed by atoms with E-state index in [0.717, 1.165) is 24.3 Å². The van der Waals surface area contributed by atoms with Crippen LogP contribution in [0.2, 0.25) is 0 Å². The van der Waals surface area contributed by atoms with Crippen molar-refractivity contribution >= 4 is 106 Å². The van der Waals surface area contributed by atoms with Crippen LogP contribution in [-0.4, -0.2) is 456 Å². The van der Waals surface area contributed by atoms with Gasteiger partial charge in [0.25, 0.3) is 23.6 Å². The average Bonchev–Trinajstić information content (AvgIpc) is 1.59. The van der Waals surface area contributed by atoms with Gasteiger partial charge in [-0.2, -0.15) is 0 Å². The summed E-state index contributed by atoms with van der Waals surface area (Å²) in [5.41, 5.74) is -1.66. The maximum absolute atomic E-state index is 14.5. The number of esters is 2. The minimum atomic E-state index is -2.28. The maximum Gasteiger partial charge on any atom is 0.325 e. The number of nitrogens with zero attached hydrogens (tertiary/aromatic N) is 2. The van der Waals surface area contributed by atoms with Gasteiger partial charge in [-0.25, -0.2) is 0 Å². The monoisotopic (exact) mass is 2040 g/mol. The maximum atomic E-state index is 14.5. The molecular formula is C90H152N14O38. The number of nitrogens with one attached hydrogen (secondary N) is 12. The van der Waals surface area contributed by atoms with Crippen LogP contribution in [0.3, 0.4) is 0 Å². The van der Waals surface area contributed by atoms with Gasteiger partial charge >= 0.3 is 11.9 Å². The van der Waals surface area contributed by atoms with E-state index in [0.29, 0.717) is 168 Å². The Labute approximate surface area is 827 Å². The minimum absolute atomic E-state index is 0.0612. The van der Waals surface area contributed by atoms with Crippen LogP contribution in [0.15, 0.2) is 24.3 Å². The molecule has 4 atom stereocenters. The van der Waals surface area contributed by atoms with E-state index < -0.39 is 207 Å². The fourth-order valence-corrected chi connectivity index (χ4v) is 11.9. The van der Waals surface area contributed by atoms with E-state index in [4.69, 9.17) is 94.7 Å². The smallest absolute Gasteiger partial charge is 0.325 e. The summed E-state index contributed by atoms with van der Waals surface area (Å²) in [6.07, 6.45) is 2.57. The van der Waals surface area contributed by atoms with Gasteiger partial charge in [-0.3, -0.25) is 96.1 Å². The quantitative estimate of drug-likeness (QED) is 0.0153. The molecule has 0 aliphatic carbocycles. The lowest BCUT2D eigenvalue weighted by molar-refractivity contribution is -0.156. The molecule has 0 aromatic rings. The molecule has 52 heteroatoms. The van der Waals surface area contributed by atoms with Gasteiger partial charge in [-0.05, 0) is 92.9 Å². The first-order valence-corrected chi connectivity index (χ1v) is 47.3. The molecule has 2 aliphatic rings. The summed E-state index contributed by atoms with van der Waals surface area (Å²) in [6, 6.07) is -7.21. The largest absolute Gasteiger partial charge is 0.459 e. The van der Waals surface area contributed by atoms with Crippen LogP contribution in [0, 0.1) is 0 Å². The summed E-state index contributed by atoms with van der Waals surface area (Å²) >= 11 is 0. The predicted octanol–water partition coefficient (Wildman–Crippen LogP) is -6.15. The fourth-order valence-electron chi connectivity index (χ4n) is 11.9. The van der Waals surface area contributed by atoms with E-state index in [1.54, 1.807) is 55.8 Å². The zero-order chi connectivity index (χ0) is 104. The summed E-state index contributed by atoms with van der Waals surface area (Å²) in [4.78, 5) is 238. The molecule has 142 heavy (non-hydrogen) atoms. The molecule has 12 N–H and O–H groups in total. The normalized spacial score (nSPS) is 13.2. The highest BCUT2D eigenvalue weighted by Gasteiger charge is 2.50. The third kappa shape index (κ3) is 69.5. The van der Waals surface area contributed by atoms with Gasteiger partial charge < -0.3 is 159 Å². The lowest BCUT2D eigenvalue weighted by Crippen LogP contribution is -2.66. The Bertz CT molecular complexity index is 3490. The highest BCUT2D eigenvalue weighted by Crippen LogP contribution is 2.22. The molecule has 0 saturated carbocycles. The van der Waals surface area contributed by atoms with E-state index in [1.165, 1.54) is 0 Å². The van der Waals surface area contributed by atoms with E-state index in [1.807, 2.05) is 0 Å². The van der Waals surface area contributed by atoms with Crippen LogP contribution in [0.4, 0.5) is 0 Å². The number of carbonyl (C=O) groups excluding carboxylic acids is 18. The van der Waals surface area contributed by atoms with E-state index in [9.17, 15) is 86.3 Å². The van der Waals surface area contributed by atoms with Crippen molar-refractivity contribution in [2.24, 2.45) is 0 Å². The summed E-state index contributed by atoms with van der Waals surface area (Å²) in [5.74, 6) is -15.9. The van der Waals surface area contributed by atoms with Crippen molar-refractivity contribution in [3.63, 3.8) is 0 Å². The Morgan fingerprint density at radius 1 is 0.254 bits per heavy atom. The molecule has 0 saturated heterocycles. The first-order valence-electron chi connectivity index (χ1n) is 47.3. The average molecular weight is 2040 g/mol. The summed E-state index contributed by atoms with van der Waals surface area (Å²) in [6.45, 7) is 16.9. The number of hydrogen-bond acceptors (Lipinski definition) is 38. The van der Waals surface area contributed by atoms with Gasteiger partial charge in [0.15, 0.2) is 0 Å². The van der Waals surface area contributed by atoms with Gasteiger partial charge in [-0.15, -0.1) is 0 Å². The number of ether oxygens (including phenoxy) is 20. The number of imide groups is 2. The molecule has 810 valence electrons. The first-order chi connectivity index (χ1) is 68.2. The van der Waals surface area contributed by atoms with Gasteiger partial charge in [-0.1, -0.05) is 0 Å². The topological polar surface area (TPSA) is 643 Å². The van der Waals surface area contributed by atoms with Crippen molar-refractivity contribution in [3.8, 4) is 0 Å². The first kappa shape index (κ1) is 128. The van der Waals surface area contributed by atoms with Crippen molar-refractivity contribution in [3.05, 3.63) is 24.3 Å². The number of unbranched alkanes of at least 4 members (excludes halogenated alkanes) is 2. The molecule has 0 aromatic carbocycles. The lowest BCUT2D eigenvalue weighted by Gasteiger charge is -2.35. The molecule has 0 aromatic heterocycles. The third-order valence-corrected chi connectivity index (χ3v) is 18.6. The second-order valence-electron chi connectivity index (χ2n) is 32.7. The number of amides is 16. The molecule has 2 aliphatic heterocycles. The lowest BCUT2D eigenvalue weighted by atomic mass is 10.0. The number of methoxy groups -OCH3 is 2. The molecule has 0 radical (unpaired) electrons. The van der Waals surface area contributed by atoms with Crippen LogP contribution >= 0.6 is 0 Å². The van der Waals surface area contributed by atoms with Crippen LogP contribution in [0.5, 0.6) is 0 Å². The molecule has 0 fully saturated rings. The van der Waals surface area contributed by atoms with Crippen molar-refractivity contribution in [1.82, 2.24) is 73.6 Å². The number of rotatable bonds is 91. The molecule has 2 rings (SSSR count). The van der Waals surface area contributed by atoms with Crippen molar-refractivity contribution < 1.29 is 181 Å². The van der Waals surface area contributed by atoms with Gasteiger partial charge in [0.1, 0.15) is 61.7 Å². The zero-order valence-electron chi connectivity index (χ0n) is 83.2. The number of carbonyl (C=O) groups is 18. The Morgan fingerprint density at radius 3 is 0.725 bits per heavy atom. The van der Waals surface area contributed by atoms with Crippen molar-refractivity contribution in [1.29, 1.82) is 0 Å². The Balaban J connectivity index is 2.02. The van der Waals surface area contributed by atoms with Crippen LogP contribution in [0.25, 0.3) is 0 Å². The van der Waals surface area contributed by atoms with Crippen LogP contribution in [0.1, 0.15) is 106 Å². The van der Waals surface area contributed by atoms with Crippen molar-refractivity contribution in [2.75, 3.05) is 304 Å². The Hall–Kier alpha value is -10.4. The molecule has 52 nitrogen and oxygen atoms in total. The molecule has 0 spiro atoms. The molecular weight excluding hydrogens is 1890 g/mol. The minimum Gasteiger partial charge on any atom is -0.459 e. The number of hydrogen-bond donors (Lipinski definition) is 12. The van der Waals surface area contributed by atoms with Crippen molar-refractivity contribution in [2.45, 2.75) is 141 Å². The SMILES string of the molecule is COCCOCCOCCOCCOCCOCCOCCOCCOCC(=O)NCCCC[C@H](NC(=O)CCCNC(=O)[C@H]([C@H](C(=O)NCCCC(=O)N[C@@H](CCCCNC(=O)COCCOCCOCCOCCOCCOCCOCCOCCOC)C(=O)NCC(=O)NCC(=O)NCC(=O)OC(C)(C)C)N1C(=O)C=CC1=O)N1C(=O)C=CC1=O)C(=O)NCC(=O)NCC(=O)NCC(=O)OC(C)(C)C. The molecule has 0 unspecified atom stereocenters. The standard InChI is InChI=1S/C90H152N14O38/c1-89(2,3)141-81(117)63-97-71(107)59-95-73(109)61-99-85(119)67(15-9-11-23-91-75(111)65-139-57-55-137-53-51-135-49-47-133-45-43-131-41-39-129-37-35-127-33-31-125-29-27-123-7)101-69(105)17-13-25-93-87(121)83(103-77(113)19-20-78(103)114)84(104-79(115)21-22-80(104)116)88(122)94-26-14-18-70(106)102-68(86(120)100-62-74(110)96-60-72(108)98-64-82(118)142-90(4,5)6)16-10-12-24-92-76(112)66-140-58-56-138-54-52-136-50-48-134-46-44-132-42-40-130-38-36-128-34-32-126-30-28-124-8/h19-22,67-68,83-84H,9-18,23-66H2,1-8H3,(H,91,111)(H,92,112)(H,93,121)(H,94,122)(H,95,109)(H,96,110)(H,97,107)(H,98,108)(H,99,119)(H,100,120)(H,101,105)(H,102,106)/t67-,68-,83-,84+/m0/s1. The molecule has 0 bridgehead atoms. The van der Waals surface area contributed by atoms with E-state index >= 15 is 0 Å². The molecule has 16 amide bonds. The summed E-state index contributed by atoms with van der Waals surface area (Å²) in [7, 11) is 3.21.